The minimum Gasteiger partial charge on any atom is -0.396 e. The van der Waals surface area contributed by atoms with Gasteiger partial charge in [-0.05, 0) is 0 Å². The molecule has 0 aromatic carbocycles. The molecule has 0 amide bonds. The SMILES string of the molecule is OC[C@@H]1[C@@H](O)[C@@H](O)[C@H](O)[C@H](O)[C@@H]1CO. The lowest BCUT2D eigenvalue weighted by molar-refractivity contribution is -0.195. The minimum absolute atomic E-state index is 0.465. The molecule has 6 heteroatoms. The van der Waals surface area contributed by atoms with Crippen molar-refractivity contribution in [2.24, 2.45) is 11.8 Å². The van der Waals surface area contributed by atoms with Crippen molar-refractivity contribution < 1.29 is 30.6 Å². The van der Waals surface area contributed by atoms with Crippen LogP contribution in [0.15, 0.2) is 0 Å². The van der Waals surface area contributed by atoms with Crippen LogP contribution < -0.4 is 0 Å². The molecule has 0 radical (unpaired) electrons. The van der Waals surface area contributed by atoms with E-state index in [-0.39, 0.29) is 0 Å². The summed E-state index contributed by atoms with van der Waals surface area (Å²) in [5, 5.41) is 55.2. The predicted molar refractivity (Wildman–Crippen MR) is 45.2 cm³/mol. The van der Waals surface area contributed by atoms with Gasteiger partial charge in [0.15, 0.2) is 0 Å². The third-order valence-electron chi connectivity index (χ3n) is 2.90. The van der Waals surface area contributed by atoms with E-state index >= 15 is 0 Å². The molecule has 0 heterocycles. The van der Waals surface area contributed by atoms with Gasteiger partial charge in [0, 0.05) is 25.0 Å². The quantitative estimate of drug-likeness (QED) is 0.282. The zero-order valence-corrected chi connectivity index (χ0v) is 7.56. The Balaban J connectivity index is 2.84. The highest BCUT2D eigenvalue weighted by molar-refractivity contribution is 4.97. The Morgan fingerprint density at radius 2 is 0.857 bits per heavy atom. The summed E-state index contributed by atoms with van der Waals surface area (Å²) in [6.45, 7) is -0.930. The number of hydrogen-bond donors (Lipinski definition) is 6. The average Bonchev–Trinajstić information content (AvgIpc) is 2.20. The van der Waals surface area contributed by atoms with Gasteiger partial charge in [0.25, 0.3) is 0 Å². The van der Waals surface area contributed by atoms with Crippen LogP contribution in [0.1, 0.15) is 0 Å². The first-order chi connectivity index (χ1) is 6.54. The summed E-state index contributed by atoms with van der Waals surface area (Å²) >= 11 is 0. The Morgan fingerprint density at radius 3 is 1.07 bits per heavy atom. The van der Waals surface area contributed by atoms with Gasteiger partial charge in [-0.1, -0.05) is 0 Å². The van der Waals surface area contributed by atoms with E-state index in [0.29, 0.717) is 0 Å². The van der Waals surface area contributed by atoms with E-state index in [1.165, 1.54) is 0 Å². The van der Waals surface area contributed by atoms with Crippen LogP contribution in [0.5, 0.6) is 0 Å². The van der Waals surface area contributed by atoms with E-state index in [0.717, 1.165) is 0 Å². The van der Waals surface area contributed by atoms with E-state index < -0.39 is 49.5 Å². The van der Waals surface area contributed by atoms with Gasteiger partial charge in [-0.15, -0.1) is 0 Å². The van der Waals surface area contributed by atoms with Crippen molar-refractivity contribution in [3.8, 4) is 0 Å². The summed E-state index contributed by atoms with van der Waals surface area (Å²) in [6.07, 6.45) is -5.67. The molecule has 6 atom stereocenters. The standard InChI is InChI=1S/C8H16O6/c9-1-3-4(2-10)6(12)8(14)7(13)5(3)11/h3-14H,1-2H2/t3-,4+,5-,6-,7-,8-/m1/s1. The minimum atomic E-state index is -1.50. The van der Waals surface area contributed by atoms with E-state index in [2.05, 4.69) is 0 Å². The summed E-state index contributed by atoms with van der Waals surface area (Å²) in [4.78, 5) is 0. The third kappa shape index (κ3) is 1.77. The zero-order chi connectivity index (χ0) is 10.9. The molecule has 1 saturated carbocycles. The van der Waals surface area contributed by atoms with Crippen LogP contribution in [0.4, 0.5) is 0 Å². The molecule has 0 aliphatic heterocycles. The van der Waals surface area contributed by atoms with Crippen LogP contribution in [-0.4, -0.2) is 68.3 Å². The fourth-order valence-electron chi connectivity index (χ4n) is 1.90. The van der Waals surface area contributed by atoms with Crippen LogP contribution in [0.3, 0.4) is 0 Å². The zero-order valence-electron chi connectivity index (χ0n) is 7.56. The van der Waals surface area contributed by atoms with Gasteiger partial charge in [0.1, 0.15) is 12.2 Å². The van der Waals surface area contributed by atoms with E-state index in [1.54, 1.807) is 0 Å². The fourth-order valence-corrected chi connectivity index (χ4v) is 1.90. The number of aliphatic hydroxyl groups excluding tert-OH is 6. The summed E-state index contributed by atoms with van der Waals surface area (Å²) in [6, 6.07) is 0. The largest absolute Gasteiger partial charge is 0.396 e. The van der Waals surface area contributed by atoms with Crippen LogP contribution in [0, 0.1) is 11.8 Å². The van der Waals surface area contributed by atoms with Crippen molar-refractivity contribution >= 4 is 0 Å². The van der Waals surface area contributed by atoms with Crippen LogP contribution in [0.2, 0.25) is 0 Å². The summed E-state index contributed by atoms with van der Waals surface area (Å²) in [7, 11) is 0. The first-order valence-electron chi connectivity index (χ1n) is 4.48. The second-order valence-electron chi connectivity index (χ2n) is 3.66. The molecule has 1 aliphatic rings. The average molecular weight is 208 g/mol. The van der Waals surface area contributed by atoms with Crippen molar-refractivity contribution in [3.63, 3.8) is 0 Å². The Bertz CT molecular complexity index is 167. The first kappa shape index (κ1) is 11.8. The lowest BCUT2D eigenvalue weighted by Gasteiger charge is -2.42. The summed E-state index contributed by atoms with van der Waals surface area (Å²) in [5.74, 6) is -1.65. The van der Waals surface area contributed by atoms with E-state index in [9.17, 15) is 20.4 Å². The van der Waals surface area contributed by atoms with Gasteiger partial charge in [0.2, 0.25) is 0 Å². The normalized spacial score (nSPS) is 49.3. The molecule has 0 bridgehead atoms. The van der Waals surface area contributed by atoms with Crippen molar-refractivity contribution in [1.82, 2.24) is 0 Å². The molecular weight excluding hydrogens is 192 g/mol. The Morgan fingerprint density at radius 1 is 0.571 bits per heavy atom. The monoisotopic (exact) mass is 208 g/mol. The van der Waals surface area contributed by atoms with Gasteiger partial charge in [-0.2, -0.15) is 0 Å². The molecule has 0 saturated heterocycles. The summed E-state index contributed by atoms with van der Waals surface area (Å²) in [5.41, 5.74) is 0. The lowest BCUT2D eigenvalue weighted by Crippen LogP contribution is -2.60. The fraction of sp³-hybridized carbons (Fsp3) is 1.00. The maximum Gasteiger partial charge on any atom is 0.109 e. The van der Waals surface area contributed by atoms with Crippen molar-refractivity contribution in [2.75, 3.05) is 13.2 Å². The van der Waals surface area contributed by atoms with Crippen molar-refractivity contribution in [2.45, 2.75) is 24.4 Å². The van der Waals surface area contributed by atoms with Gasteiger partial charge in [-0.25, -0.2) is 0 Å². The van der Waals surface area contributed by atoms with Crippen molar-refractivity contribution in [3.05, 3.63) is 0 Å². The smallest absolute Gasteiger partial charge is 0.109 e. The molecule has 6 N–H and O–H groups in total. The highest BCUT2D eigenvalue weighted by atomic mass is 16.4. The Hall–Kier alpha value is -0.240. The van der Waals surface area contributed by atoms with Gasteiger partial charge >= 0.3 is 0 Å². The molecule has 1 aliphatic carbocycles. The first-order valence-corrected chi connectivity index (χ1v) is 4.48. The summed E-state index contributed by atoms with van der Waals surface area (Å²) < 4.78 is 0. The van der Waals surface area contributed by atoms with Crippen LogP contribution >= 0.6 is 0 Å². The number of hydrogen-bond acceptors (Lipinski definition) is 6. The molecule has 84 valence electrons. The highest BCUT2D eigenvalue weighted by Gasteiger charge is 2.47. The maximum absolute atomic E-state index is 9.43. The molecule has 0 spiro atoms. The number of rotatable bonds is 2. The molecule has 14 heavy (non-hydrogen) atoms. The van der Waals surface area contributed by atoms with Crippen LogP contribution in [0.25, 0.3) is 0 Å². The molecule has 0 aromatic rings. The molecule has 1 rings (SSSR count). The third-order valence-corrected chi connectivity index (χ3v) is 2.90. The Kier molecular flexibility index (Phi) is 3.82. The second-order valence-corrected chi connectivity index (χ2v) is 3.66. The van der Waals surface area contributed by atoms with E-state index in [1.807, 2.05) is 0 Å². The van der Waals surface area contributed by atoms with Gasteiger partial charge in [0.05, 0.1) is 12.2 Å². The van der Waals surface area contributed by atoms with Gasteiger partial charge < -0.3 is 30.6 Å². The Labute approximate surface area is 81.1 Å². The molecule has 0 aromatic heterocycles. The predicted octanol–water partition coefficient (Wildman–Crippen LogP) is -3.34. The van der Waals surface area contributed by atoms with Crippen molar-refractivity contribution in [1.29, 1.82) is 0 Å². The lowest BCUT2D eigenvalue weighted by atomic mass is 9.73. The second kappa shape index (κ2) is 4.52. The van der Waals surface area contributed by atoms with Crippen LogP contribution in [-0.2, 0) is 0 Å². The van der Waals surface area contributed by atoms with E-state index in [4.69, 9.17) is 10.2 Å². The topological polar surface area (TPSA) is 121 Å². The molecular formula is C8H16O6. The van der Waals surface area contributed by atoms with Gasteiger partial charge in [-0.3, -0.25) is 0 Å². The molecule has 6 nitrogen and oxygen atoms in total. The maximum atomic E-state index is 9.43. The molecule has 1 fully saturated rings. The number of aliphatic hydroxyl groups is 6. The highest BCUT2D eigenvalue weighted by Crippen LogP contribution is 2.30. The molecule has 0 unspecified atom stereocenters.